The van der Waals surface area contributed by atoms with Gasteiger partial charge in [-0.2, -0.15) is 0 Å². The van der Waals surface area contributed by atoms with Gasteiger partial charge in [0.1, 0.15) is 0 Å². The van der Waals surface area contributed by atoms with Crippen LogP contribution in [0.1, 0.15) is 10.9 Å². The van der Waals surface area contributed by atoms with Crippen LogP contribution in [0, 0.1) is 0 Å². The van der Waals surface area contributed by atoms with Crippen LogP contribution in [0.4, 0.5) is 21.0 Å². The molecule has 2 aromatic rings. The Hall–Kier alpha value is -2.62. The summed E-state index contributed by atoms with van der Waals surface area (Å²) in [5.74, 6) is 0. The van der Waals surface area contributed by atoms with Crippen LogP contribution in [0.25, 0.3) is 0 Å². The minimum atomic E-state index is -0.538. The number of thiophene rings is 1. The van der Waals surface area contributed by atoms with Crippen LogP contribution in [-0.4, -0.2) is 68.9 Å². The maximum atomic E-state index is 12.7. The van der Waals surface area contributed by atoms with Gasteiger partial charge in [-0.05, 0) is 35.7 Å². The van der Waals surface area contributed by atoms with Gasteiger partial charge in [0.05, 0.1) is 26.4 Å². The Bertz CT molecular complexity index is 791. The van der Waals surface area contributed by atoms with Crippen molar-refractivity contribution in [3.05, 3.63) is 46.7 Å². The Labute approximate surface area is 174 Å². The molecule has 3 rings (SSSR count). The summed E-state index contributed by atoms with van der Waals surface area (Å²) < 4.78 is 10.0. The smallest absolute Gasteiger partial charge is 0.411 e. The van der Waals surface area contributed by atoms with Crippen molar-refractivity contribution < 1.29 is 19.1 Å². The Morgan fingerprint density at radius 3 is 2.41 bits per heavy atom. The van der Waals surface area contributed by atoms with Crippen molar-refractivity contribution in [1.82, 2.24) is 9.80 Å². The summed E-state index contributed by atoms with van der Waals surface area (Å²) in [4.78, 5) is 29.2. The van der Waals surface area contributed by atoms with Crippen LogP contribution < -0.4 is 10.6 Å². The molecule has 29 heavy (non-hydrogen) atoms. The molecule has 3 amide bonds. The minimum absolute atomic E-state index is 0.140. The Balaban J connectivity index is 1.60. The normalized spacial score (nSPS) is 15.4. The highest BCUT2D eigenvalue weighted by Gasteiger charge is 2.26. The van der Waals surface area contributed by atoms with E-state index in [9.17, 15) is 9.59 Å². The standard InChI is InChI=1S/C20H26N4O4S/c1-23(14-17(18-4-3-13-29-18)24-9-11-28-12-10-24)19(25)21-15-5-7-16(8-6-15)22-20(26)27-2/h3-8,13,17H,9-12,14H2,1-2H3,(H,21,25)(H,22,26). The van der Waals surface area contributed by atoms with Gasteiger partial charge in [0.2, 0.25) is 0 Å². The van der Waals surface area contributed by atoms with Crippen LogP contribution >= 0.6 is 11.3 Å². The summed E-state index contributed by atoms with van der Waals surface area (Å²) in [5.41, 5.74) is 1.24. The number of rotatable bonds is 6. The third-order valence-corrected chi connectivity index (χ3v) is 5.69. The van der Waals surface area contributed by atoms with Gasteiger partial charge in [-0.1, -0.05) is 6.07 Å². The highest BCUT2D eigenvalue weighted by Crippen LogP contribution is 2.27. The molecule has 1 atom stereocenters. The summed E-state index contributed by atoms with van der Waals surface area (Å²) in [5, 5.41) is 7.53. The minimum Gasteiger partial charge on any atom is -0.453 e. The maximum Gasteiger partial charge on any atom is 0.411 e. The highest BCUT2D eigenvalue weighted by atomic mass is 32.1. The predicted octanol–water partition coefficient (Wildman–Crippen LogP) is 3.46. The summed E-state index contributed by atoms with van der Waals surface area (Å²) in [6, 6.07) is 11.0. The summed E-state index contributed by atoms with van der Waals surface area (Å²) in [6.07, 6.45) is -0.538. The molecule has 0 aliphatic carbocycles. The van der Waals surface area contributed by atoms with E-state index in [1.807, 2.05) is 6.07 Å². The van der Waals surface area contributed by atoms with Crippen molar-refractivity contribution in [3.63, 3.8) is 0 Å². The van der Waals surface area contributed by atoms with E-state index in [4.69, 9.17) is 4.74 Å². The third-order valence-electron chi connectivity index (χ3n) is 4.72. The number of methoxy groups -OCH3 is 1. The van der Waals surface area contributed by atoms with Gasteiger partial charge in [-0.15, -0.1) is 11.3 Å². The van der Waals surface area contributed by atoms with E-state index >= 15 is 0 Å². The van der Waals surface area contributed by atoms with Crippen LogP contribution in [0.15, 0.2) is 41.8 Å². The first kappa shape index (κ1) is 21.1. The van der Waals surface area contributed by atoms with Gasteiger partial charge >= 0.3 is 12.1 Å². The number of urea groups is 1. The number of nitrogens with one attached hydrogen (secondary N) is 2. The number of ether oxygens (including phenoxy) is 2. The van der Waals surface area contributed by atoms with Crippen LogP contribution in [0.3, 0.4) is 0 Å². The zero-order chi connectivity index (χ0) is 20.6. The molecule has 0 bridgehead atoms. The first-order valence-electron chi connectivity index (χ1n) is 9.39. The Morgan fingerprint density at radius 2 is 1.83 bits per heavy atom. The molecule has 1 aromatic heterocycles. The average molecular weight is 419 g/mol. The number of carbonyl (C=O) groups excluding carboxylic acids is 2. The van der Waals surface area contributed by atoms with Gasteiger partial charge in [0.15, 0.2) is 0 Å². The quantitative estimate of drug-likeness (QED) is 0.751. The second-order valence-electron chi connectivity index (χ2n) is 6.68. The number of hydrogen-bond donors (Lipinski definition) is 2. The number of amides is 3. The molecule has 2 heterocycles. The Morgan fingerprint density at radius 1 is 1.17 bits per heavy atom. The molecule has 1 aliphatic rings. The lowest BCUT2D eigenvalue weighted by molar-refractivity contribution is 0.0125. The molecule has 1 fully saturated rings. The zero-order valence-corrected chi connectivity index (χ0v) is 17.4. The van der Waals surface area contributed by atoms with E-state index in [1.165, 1.54) is 12.0 Å². The highest BCUT2D eigenvalue weighted by molar-refractivity contribution is 7.10. The predicted molar refractivity (Wildman–Crippen MR) is 114 cm³/mol. The molecule has 1 saturated heterocycles. The van der Waals surface area contributed by atoms with Gasteiger partial charge in [-0.25, -0.2) is 9.59 Å². The fourth-order valence-corrected chi connectivity index (χ4v) is 3.97. The summed E-state index contributed by atoms with van der Waals surface area (Å²) in [6.45, 7) is 3.71. The molecule has 2 N–H and O–H groups in total. The van der Waals surface area contributed by atoms with Crippen molar-refractivity contribution in [2.75, 3.05) is 57.6 Å². The molecule has 0 saturated carbocycles. The van der Waals surface area contributed by atoms with E-state index in [0.29, 0.717) is 31.1 Å². The van der Waals surface area contributed by atoms with Crippen molar-refractivity contribution in [3.8, 4) is 0 Å². The lowest BCUT2D eigenvalue weighted by Crippen LogP contribution is -2.44. The van der Waals surface area contributed by atoms with Gasteiger partial charge in [-0.3, -0.25) is 10.2 Å². The van der Waals surface area contributed by atoms with Gasteiger partial charge in [0, 0.05) is 42.9 Å². The van der Waals surface area contributed by atoms with Gasteiger partial charge < -0.3 is 19.7 Å². The van der Waals surface area contributed by atoms with Gasteiger partial charge in [0.25, 0.3) is 0 Å². The average Bonchev–Trinajstić information content (AvgIpc) is 3.28. The van der Waals surface area contributed by atoms with Crippen molar-refractivity contribution in [1.29, 1.82) is 0 Å². The molecule has 9 heteroatoms. The molecule has 0 spiro atoms. The number of likely N-dealkylation sites (N-methyl/N-ethyl adjacent to an activating group) is 1. The fourth-order valence-electron chi connectivity index (χ4n) is 3.12. The lowest BCUT2D eigenvalue weighted by Gasteiger charge is -2.36. The van der Waals surface area contributed by atoms with E-state index < -0.39 is 6.09 Å². The first-order valence-corrected chi connectivity index (χ1v) is 10.3. The van der Waals surface area contributed by atoms with E-state index in [2.05, 4.69) is 31.7 Å². The number of hydrogen-bond acceptors (Lipinski definition) is 6. The summed E-state index contributed by atoms with van der Waals surface area (Å²) >= 11 is 1.71. The number of anilines is 2. The lowest BCUT2D eigenvalue weighted by atomic mass is 10.1. The summed E-state index contributed by atoms with van der Waals surface area (Å²) in [7, 11) is 3.10. The number of morpholine rings is 1. The molecular weight excluding hydrogens is 392 g/mol. The number of carbonyl (C=O) groups is 2. The number of nitrogens with zero attached hydrogens (tertiary/aromatic N) is 2. The van der Waals surface area contributed by atoms with E-state index in [0.717, 1.165) is 13.1 Å². The van der Waals surface area contributed by atoms with Crippen LogP contribution in [0.2, 0.25) is 0 Å². The molecule has 1 aliphatic heterocycles. The van der Waals surface area contributed by atoms with Crippen molar-refractivity contribution in [2.45, 2.75) is 6.04 Å². The fraction of sp³-hybridized carbons (Fsp3) is 0.400. The number of benzene rings is 1. The molecule has 0 radical (unpaired) electrons. The molecule has 1 aromatic carbocycles. The topological polar surface area (TPSA) is 83.1 Å². The largest absolute Gasteiger partial charge is 0.453 e. The molecule has 1 unspecified atom stereocenters. The second-order valence-corrected chi connectivity index (χ2v) is 7.66. The zero-order valence-electron chi connectivity index (χ0n) is 16.6. The van der Waals surface area contributed by atoms with Crippen molar-refractivity contribution in [2.24, 2.45) is 0 Å². The molecule has 156 valence electrons. The molecule has 8 nitrogen and oxygen atoms in total. The SMILES string of the molecule is COC(=O)Nc1ccc(NC(=O)N(C)CC(c2cccs2)N2CCOCC2)cc1. The second kappa shape index (κ2) is 10.2. The monoisotopic (exact) mass is 418 g/mol. The van der Waals surface area contributed by atoms with Crippen molar-refractivity contribution >= 4 is 34.8 Å². The third kappa shape index (κ3) is 5.93. The Kier molecular flexibility index (Phi) is 7.45. The maximum absolute atomic E-state index is 12.7. The first-order chi connectivity index (χ1) is 14.1. The van der Waals surface area contributed by atoms with Crippen LogP contribution in [-0.2, 0) is 9.47 Å². The van der Waals surface area contributed by atoms with Crippen LogP contribution in [0.5, 0.6) is 0 Å². The van der Waals surface area contributed by atoms with E-state index in [1.54, 1.807) is 47.5 Å². The van der Waals surface area contributed by atoms with E-state index in [-0.39, 0.29) is 12.1 Å². The molecular formula is C20H26N4O4S.